The summed E-state index contributed by atoms with van der Waals surface area (Å²) in [6, 6.07) is 1.17. The molecule has 7 heteroatoms. The molecule has 1 heterocycles. The molecule has 0 aliphatic rings. The van der Waals surface area contributed by atoms with E-state index >= 15 is 0 Å². The highest BCUT2D eigenvalue weighted by molar-refractivity contribution is 6.69. The van der Waals surface area contributed by atoms with E-state index < -0.39 is 5.97 Å². The largest absolute Gasteiger partial charge is 0.476 e. The van der Waals surface area contributed by atoms with Crippen LogP contribution in [-0.2, 0) is 0 Å². The first-order valence-corrected chi connectivity index (χ1v) is 4.56. The first kappa shape index (κ1) is 11.5. The number of aromatic carboxylic acids is 1. The van der Waals surface area contributed by atoms with Gasteiger partial charge in [0.1, 0.15) is 5.69 Å². The number of carboxylic acid groups (broad SMARTS) is 1. The lowest BCUT2D eigenvalue weighted by atomic mass is 10.3. The van der Waals surface area contributed by atoms with E-state index in [4.69, 9.17) is 21.9 Å². The van der Waals surface area contributed by atoms with Crippen LogP contribution < -0.4 is 0 Å². The van der Waals surface area contributed by atoms with E-state index in [0.29, 0.717) is 0 Å². The molecule has 0 saturated heterocycles. The summed E-state index contributed by atoms with van der Waals surface area (Å²) < 4.78 is 1.38. The molecule has 0 aromatic carbocycles. The molecule has 0 bridgehead atoms. The molecule has 0 aliphatic heterocycles. The van der Waals surface area contributed by atoms with Crippen molar-refractivity contribution in [3.63, 3.8) is 0 Å². The molecule has 15 heavy (non-hydrogen) atoms. The van der Waals surface area contributed by atoms with Gasteiger partial charge in [0, 0.05) is 12.1 Å². The van der Waals surface area contributed by atoms with Gasteiger partial charge in [-0.2, -0.15) is 5.10 Å². The number of nitrogens with zero attached hydrogens (tertiary/aromatic N) is 3. The molecular weight excluding hydrogens is 222 g/mol. The van der Waals surface area contributed by atoms with Crippen LogP contribution in [0.5, 0.6) is 0 Å². The first-order chi connectivity index (χ1) is 6.97. The number of carboxylic acids is 1. The molecule has 1 rings (SSSR count). The maximum atomic E-state index is 10.7. The van der Waals surface area contributed by atoms with Crippen molar-refractivity contribution in [1.29, 1.82) is 0 Å². The van der Waals surface area contributed by atoms with E-state index in [-0.39, 0.29) is 22.6 Å². The highest BCUT2D eigenvalue weighted by atomic mass is 35.5. The Bertz CT molecular complexity index is 411. The van der Waals surface area contributed by atoms with Crippen LogP contribution in [0.15, 0.2) is 11.2 Å². The quantitative estimate of drug-likeness (QED) is 0.469. The van der Waals surface area contributed by atoms with Gasteiger partial charge in [-0.3, -0.25) is 4.68 Å². The third-order valence-electron chi connectivity index (χ3n) is 1.74. The molecule has 0 amide bonds. The van der Waals surface area contributed by atoms with E-state index in [2.05, 4.69) is 10.3 Å². The summed E-state index contributed by atoms with van der Waals surface area (Å²) in [5.74, 6) is -1.15. The Labute approximate surface area is 90.8 Å². The van der Waals surface area contributed by atoms with Crippen LogP contribution in [-0.4, -0.2) is 31.2 Å². The lowest BCUT2D eigenvalue weighted by Gasteiger charge is -2.08. The maximum Gasteiger partial charge on any atom is 0.356 e. The van der Waals surface area contributed by atoms with Gasteiger partial charge in [0.2, 0.25) is 0 Å². The molecule has 0 spiro atoms. The van der Waals surface area contributed by atoms with E-state index in [1.54, 1.807) is 0 Å². The monoisotopic (exact) mass is 231 g/mol. The number of aromatic nitrogens is 2. The first-order valence-electron chi connectivity index (χ1n) is 4.18. The number of oxime groups is 1. The molecule has 6 nitrogen and oxygen atoms in total. The molecule has 82 valence electrons. The Morgan fingerprint density at radius 2 is 2.27 bits per heavy atom. The smallest absolute Gasteiger partial charge is 0.356 e. The maximum absolute atomic E-state index is 10.7. The minimum atomic E-state index is -1.15. The zero-order chi connectivity index (χ0) is 11.6. The molecule has 0 fully saturated rings. The minimum absolute atomic E-state index is 0.0800. The Kier molecular flexibility index (Phi) is 3.31. The van der Waals surface area contributed by atoms with Crippen LogP contribution >= 0.6 is 11.6 Å². The van der Waals surface area contributed by atoms with Gasteiger partial charge in [0.15, 0.2) is 10.9 Å². The fourth-order valence-electron chi connectivity index (χ4n) is 1.10. The molecule has 0 aliphatic carbocycles. The van der Waals surface area contributed by atoms with Crippen LogP contribution in [0, 0.1) is 0 Å². The third-order valence-corrected chi connectivity index (χ3v) is 2.01. The molecular formula is C8H10ClN3O3. The third kappa shape index (κ3) is 2.27. The lowest BCUT2D eigenvalue weighted by molar-refractivity contribution is 0.0689. The van der Waals surface area contributed by atoms with Crippen molar-refractivity contribution in [2.24, 2.45) is 5.16 Å². The van der Waals surface area contributed by atoms with Crippen LogP contribution in [0.25, 0.3) is 0 Å². The molecule has 0 atom stereocenters. The normalized spacial score (nSPS) is 12.1. The molecule has 0 saturated carbocycles. The molecule has 1 aromatic rings. The van der Waals surface area contributed by atoms with Crippen LogP contribution in [0.2, 0.25) is 0 Å². The Morgan fingerprint density at radius 3 is 2.67 bits per heavy atom. The highest BCUT2D eigenvalue weighted by Crippen LogP contribution is 2.14. The SMILES string of the molecule is CC(C)n1nc(C(=O)O)cc1C(Cl)=NO. The Hall–Kier alpha value is -1.56. The van der Waals surface area contributed by atoms with E-state index in [9.17, 15) is 4.79 Å². The van der Waals surface area contributed by atoms with Gasteiger partial charge in [-0.25, -0.2) is 4.79 Å². The summed E-state index contributed by atoms with van der Waals surface area (Å²) in [7, 11) is 0. The number of halogens is 1. The Balaban J connectivity index is 3.30. The second-order valence-electron chi connectivity index (χ2n) is 3.15. The van der Waals surface area contributed by atoms with E-state index in [1.165, 1.54) is 10.7 Å². The average Bonchev–Trinajstić information content (AvgIpc) is 2.61. The van der Waals surface area contributed by atoms with E-state index in [0.717, 1.165) is 0 Å². The van der Waals surface area contributed by atoms with Crippen LogP contribution in [0.3, 0.4) is 0 Å². The highest BCUT2D eigenvalue weighted by Gasteiger charge is 2.17. The molecule has 2 N–H and O–H groups in total. The van der Waals surface area contributed by atoms with Gasteiger partial charge >= 0.3 is 5.97 Å². The predicted molar refractivity (Wildman–Crippen MR) is 53.7 cm³/mol. The molecule has 0 radical (unpaired) electrons. The number of rotatable bonds is 3. The second-order valence-corrected chi connectivity index (χ2v) is 3.51. The van der Waals surface area contributed by atoms with Gasteiger partial charge in [0.25, 0.3) is 0 Å². The summed E-state index contributed by atoms with van der Waals surface area (Å²) >= 11 is 5.60. The van der Waals surface area contributed by atoms with Gasteiger partial charge < -0.3 is 10.3 Å². The predicted octanol–water partition coefficient (Wildman–Crippen LogP) is 1.54. The van der Waals surface area contributed by atoms with Crippen molar-refractivity contribution in [3.05, 3.63) is 17.5 Å². The van der Waals surface area contributed by atoms with Gasteiger partial charge in [0.05, 0.1) is 0 Å². The summed E-state index contributed by atoms with van der Waals surface area (Å²) in [6.07, 6.45) is 0. The van der Waals surface area contributed by atoms with Crippen LogP contribution in [0.4, 0.5) is 0 Å². The minimum Gasteiger partial charge on any atom is -0.476 e. The van der Waals surface area contributed by atoms with Gasteiger partial charge in [-0.1, -0.05) is 16.8 Å². The van der Waals surface area contributed by atoms with Crippen molar-refractivity contribution in [2.75, 3.05) is 0 Å². The average molecular weight is 232 g/mol. The lowest BCUT2D eigenvalue weighted by Crippen LogP contribution is -2.10. The van der Waals surface area contributed by atoms with Crippen molar-refractivity contribution in [2.45, 2.75) is 19.9 Å². The summed E-state index contributed by atoms with van der Waals surface area (Å²) in [6.45, 7) is 3.62. The van der Waals surface area contributed by atoms with Gasteiger partial charge in [-0.05, 0) is 13.8 Å². The molecule has 0 unspecified atom stereocenters. The van der Waals surface area contributed by atoms with Crippen molar-refractivity contribution in [3.8, 4) is 0 Å². The van der Waals surface area contributed by atoms with Crippen molar-refractivity contribution < 1.29 is 15.1 Å². The number of carbonyl (C=O) groups is 1. The van der Waals surface area contributed by atoms with E-state index in [1.807, 2.05) is 13.8 Å². The van der Waals surface area contributed by atoms with Crippen molar-refractivity contribution >= 4 is 22.7 Å². The van der Waals surface area contributed by atoms with Crippen LogP contribution in [0.1, 0.15) is 36.1 Å². The summed E-state index contributed by atoms with van der Waals surface area (Å²) in [5, 5.41) is 23.7. The fourth-order valence-corrected chi connectivity index (χ4v) is 1.24. The second kappa shape index (κ2) is 4.31. The zero-order valence-electron chi connectivity index (χ0n) is 8.18. The molecule has 1 aromatic heterocycles. The summed E-state index contributed by atoms with van der Waals surface area (Å²) in [4.78, 5) is 10.7. The Morgan fingerprint density at radius 1 is 1.67 bits per heavy atom. The topological polar surface area (TPSA) is 87.7 Å². The fraction of sp³-hybridized carbons (Fsp3) is 0.375. The number of hydrogen-bond acceptors (Lipinski definition) is 4. The zero-order valence-corrected chi connectivity index (χ0v) is 8.93. The van der Waals surface area contributed by atoms with Crippen molar-refractivity contribution in [1.82, 2.24) is 9.78 Å². The van der Waals surface area contributed by atoms with Gasteiger partial charge in [-0.15, -0.1) is 0 Å². The number of hydrogen-bond donors (Lipinski definition) is 2. The standard InChI is InChI=1S/C8H10ClN3O3/c1-4(2)12-6(7(9)11-15)3-5(10-12)8(13)14/h3-4,15H,1-2H3,(H,13,14). The summed E-state index contributed by atoms with van der Waals surface area (Å²) in [5.41, 5.74) is 0.132.